The van der Waals surface area contributed by atoms with Crippen LogP contribution in [-0.4, -0.2) is 45.5 Å². The molecule has 3 rings (SSSR count). The average Bonchev–Trinajstić information content (AvgIpc) is 2.88. The number of carbonyl (C=O) groups excluding carboxylic acids is 1. The van der Waals surface area contributed by atoms with Crippen LogP contribution in [0.2, 0.25) is 0 Å². The molecule has 2 aromatic rings. The maximum Gasteiger partial charge on any atom is 0.215 e. The summed E-state index contributed by atoms with van der Waals surface area (Å²) < 4.78 is 33.4. The van der Waals surface area contributed by atoms with E-state index in [4.69, 9.17) is 27.9 Å². The topological polar surface area (TPSA) is 72.5 Å². The van der Waals surface area contributed by atoms with Crippen molar-refractivity contribution >= 4 is 39.3 Å². The average molecular weight is 497 g/mol. The van der Waals surface area contributed by atoms with E-state index in [2.05, 4.69) is 15.9 Å². The van der Waals surface area contributed by atoms with E-state index in [0.29, 0.717) is 45.6 Å². The fourth-order valence-electron chi connectivity index (χ4n) is 3.13. The molecule has 0 saturated heterocycles. The van der Waals surface area contributed by atoms with Gasteiger partial charge < -0.3 is 27.9 Å². The number of hydrogen-bond donors (Lipinski definition) is 0. The first-order valence-corrected chi connectivity index (χ1v) is 10.8. The molecular weight excluding hydrogens is 476 g/mol. The smallest absolute Gasteiger partial charge is 0.215 e. The monoisotopic (exact) mass is 496 g/mol. The predicted octanol–water partition coefficient (Wildman–Crippen LogP) is 4.49. The van der Waals surface area contributed by atoms with Gasteiger partial charge in [-0.25, -0.2) is 0 Å². The molecule has 2 aromatic carbocycles. The highest BCUT2D eigenvalue weighted by molar-refractivity contribution is 9.09. The van der Waals surface area contributed by atoms with E-state index in [1.54, 1.807) is 31.6 Å². The molecule has 1 aliphatic heterocycles. The van der Waals surface area contributed by atoms with Crippen molar-refractivity contribution in [3.8, 4) is 34.5 Å². The molecule has 7 nitrogen and oxygen atoms in total. The number of rotatable bonds is 7. The van der Waals surface area contributed by atoms with Gasteiger partial charge in [-0.15, -0.1) is 0 Å². The van der Waals surface area contributed by atoms with Crippen molar-refractivity contribution in [2.75, 3.05) is 34.7 Å². The molecule has 0 spiro atoms. The number of ketones is 1. The Morgan fingerprint density at radius 3 is 2.23 bits per heavy atom. The van der Waals surface area contributed by atoms with Crippen LogP contribution in [0.25, 0.3) is 5.57 Å². The van der Waals surface area contributed by atoms with Crippen molar-refractivity contribution < 1.29 is 32.7 Å². The number of carbonyl (C=O) groups is 1. The summed E-state index contributed by atoms with van der Waals surface area (Å²) in [5.41, 5.74) is 1.96. The summed E-state index contributed by atoms with van der Waals surface area (Å²) in [5, 5.41) is -0.888. The highest BCUT2D eigenvalue weighted by atomic mass is 79.9. The standard InChI is InChI=1S/C21H21BrO7S/c1-24-15-7-6-11(8-16(15)29-30-5)12-9-14(23)21(22)28-18-13(12)10-17(25-2)19(26-3)20(18)27-4/h6-10,21H,1-5H3. The Bertz CT molecular complexity index is 990. The number of halogens is 1. The molecule has 0 amide bonds. The lowest BCUT2D eigenvalue weighted by Gasteiger charge is -2.20. The van der Waals surface area contributed by atoms with Crippen LogP contribution in [0.4, 0.5) is 0 Å². The number of fused-ring (bicyclic) bond motifs is 1. The Kier molecular flexibility index (Phi) is 7.04. The zero-order chi connectivity index (χ0) is 21.8. The van der Waals surface area contributed by atoms with E-state index >= 15 is 0 Å². The molecular formula is C21H21BrO7S. The maximum atomic E-state index is 12.7. The second-order valence-electron chi connectivity index (χ2n) is 6.03. The molecule has 1 aliphatic rings. The van der Waals surface area contributed by atoms with E-state index < -0.39 is 5.01 Å². The third-order valence-corrected chi connectivity index (χ3v) is 5.44. The summed E-state index contributed by atoms with van der Waals surface area (Å²) in [6.45, 7) is 0. The second kappa shape index (κ2) is 9.53. The number of ether oxygens (including phenoxy) is 5. The number of alkyl halides is 1. The third-order valence-electron chi connectivity index (χ3n) is 4.45. The van der Waals surface area contributed by atoms with E-state index in [-0.39, 0.29) is 5.78 Å². The lowest BCUT2D eigenvalue weighted by atomic mass is 9.95. The van der Waals surface area contributed by atoms with Gasteiger partial charge in [0.2, 0.25) is 22.3 Å². The minimum atomic E-state index is -0.888. The molecule has 160 valence electrons. The van der Waals surface area contributed by atoms with Gasteiger partial charge in [-0.1, -0.05) is 6.07 Å². The van der Waals surface area contributed by atoms with Crippen LogP contribution >= 0.6 is 28.0 Å². The van der Waals surface area contributed by atoms with E-state index in [1.807, 2.05) is 6.07 Å². The minimum Gasteiger partial charge on any atom is -0.493 e. The van der Waals surface area contributed by atoms with Crippen LogP contribution < -0.4 is 27.9 Å². The van der Waals surface area contributed by atoms with Gasteiger partial charge in [0, 0.05) is 11.8 Å². The first-order valence-electron chi connectivity index (χ1n) is 8.77. The molecule has 0 bridgehead atoms. The van der Waals surface area contributed by atoms with Crippen molar-refractivity contribution in [3.05, 3.63) is 41.5 Å². The Hall–Kier alpha value is -2.52. The van der Waals surface area contributed by atoms with Gasteiger partial charge >= 0.3 is 0 Å². The summed E-state index contributed by atoms with van der Waals surface area (Å²) >= 11 is 4.48. The molecule has 0 N–H and O–H groups in total. The molecule has 1 heterocycles. The maximum absolute atomic E-state index is 12.7. The van der Waals surface area contributed by atoms with E-state index in [1.165, 1.54) is 39.4 Å². The number of hydrogen-bond acceptors (Lipinski definition) is 8. The Labute approximate surface area is 187 Å². The Morgan fingerprint density at radius 2 is 1.63 bits per heavy atom. The van der Waals surface area contributed by atoms with Crippen LogP contribution in [0.1, 0.15) is 11.1 Å². The molecule has 1 atom stereocenters. The Balaban J connectivity index is 2.30. The minimum absolute atomic E-state index is 0.260. The fourth-order valence-corrected chi connectivity index (χ4v) is 3.76. The van der Waals surface area contributed by atoms with Crippen LogP contribution in [0, 0.1) is 0 Å². The zero-order valence-corrected chi connectivity index (χ0v) is 19.5. The summed E-state index contributed by atoms with van der Waals surface area (Å²) in [5.74, 6) is 2.34. The first-order chi connectivity index (χ1) is 14.5. The van der Waals surface area contributed by atoms with Crippen LogP contribution in [0.5, 0.6) is 34.5 Å². The van der Waals surface area contributed by atoms with E-state index in [0.717, 1.165) is 5.56 Å². The van der Waals surface area contributed by atoms with Gasteiger partial charge in [0.05, 0.1) is 40.5 Å². The lowest BCUT2D eigenvalue weighted by Crippen LogP contribution is -2.17. The molecule has 9 heteroatoms. The van der Waals surface area contributed by atoms with Crippen LogP contribution in [-0.2, 0) is 4.79 Å². The van der Waals surface area contributed by atoms with Crippen LogP contribution in [0.3, 0.4) is 0 Å². The third kappa shape index (κ3) is 4.04. The lowest BCUT2D eigenvalue weighted by molar-refractivity contribution is -0.117. The highest BCUT2D eigenvalue weighted by Gasteiger charge is 2.31. The van der Waals surface area contributed by atoms with Gasteiger partial charge in [0.25, 0.3) is 0 Å². The van der Waals surface area contributed by atoms with Gasteiger partial charge in [0.1, 0.15) is 0 Å². The highest BCUT2D eigenvalue weighted by Crippen LogP contribution is 2.51. The second-order valence-corrected chi connectivity index (χ2v) is 7.36. The summed E-state index contributed by atoms with van der Waals surface area (Å²) in [7, 11) is 6.10. The molecule has 0 saturated carbocycles. The summed E-state index contributed by atoms with van der Waals surface area (Å²) in [6, 6.07) is 7.17. The van der Waals surface area contributed by atoms with Crippen molar-refractivity contribution in [3.63, 3.8) is 0 Å². The van der Waals surface area contributed by atoms with Crippen molar-refractivity contribution in [1.82, 2.24) is 0 Å². The largest absolute Gasteiger partial charge is 0.493 e. The van der Waals surface area contributed by atoms with Crippen LogP contribution in [0.15, 0.2) is 30.3 Å². The molecule has 0 aliphatic carbocycles. The molecule has 1 unspecified atom stereocenters. The normalized spacial score (nSPS) is 15.3. The van der Waals surface area contributed by atoms with Crippen molar-refractivity contribution in [1.29, 1.82) is 0 Å². The molecule has 0 radical (unpaired) electrons. The van der Waals surface area contributed by atoms with Gasteiger partial charge in [0.15, 0.2) is 23.0 Å². The summed E-state index contributed by atoms with van der Waals surface area (Å²) in [4.78, 5) is 12.7. The molecule has 0 fully saturated rings. The Morgan fingerprint density at radius 1 is 0.933 bits per heavy atom. The quantitative estimate of drug-likeness (QED) is 0.410. The predicted molar refractivity (Wildman–Crippen MR) is 119 cm³/mol. The van der Waals surface area contributed by atoms with Crippen molar-refractivity contribution in [2.45, 2.75) is 5.01 Å². The van der Waals surface area contributed by atoms with Gasteiger partial charge in [-0.2, -0.15) is 0 Å². The zero-order valence-electron chi connectivity index (χ0n) is 17.1. The van der Waals surface area contributed by atoms with Crippen molar-refractivity contribution in [2.24, 2.45) is 0 Å². The molecule has 0 aromatic heterocycles. The van der Waals surface area contributed by atoms with E-state index in [9.17, 15) is 4.79 Å². The van der Waals surface area contributed by atoms with Gasteiger partial charge in [-0.05, 0) is 51.3 Å². The summed E-state index contributed by atoms with van der Waals surface area (Å²) in [6.07, 6.45) is 3.32. The number of methoxy groups -OCH3 is 4. The van der Waals surface area contributed by atoms with Gasteiger partial charge in [-0.3, -0.25) is 4.79 Å². The number of benzene rings is 2. The SMILES string of the molecule is COc1ccc(C2=CC(=O)C(Br)Oc3c2cc(OC)c(OC)c3OC)cc1OSC. The molecule has 30 heavy (non-hydrogen) atoms. The fraction of sp³-hybridized carbons (Fsp3) is 0.286. The first kappa shape index (κ1) is 22.2.